The number of benzene rings is 3. The summed E-state index contributed by atoms with van der Waals surface area (Å²) in [5.41, 5.74) is 5.12. The van der Waals surface area contributed by atoms with E-state index in [-0.39, 0.29) is 18.0 Å². The Kier molecular flexibility index (Phi) is 6.23. The molecule has 2 atom stereocenters. The molecule has 0 radical (unpaired) electrons. The molecule has 4 rings (SSSR count). The van der Waals surface area contributed by atoms with Crippen LogP contribution in [0.2, 0.25) is 0 Å². The predicted molar refractivity (Wildman–Crippen MR) is 123 cm³/mol. The van der Waals surface area contributed by atoms with Crippen LogP contribution in [0, 0.1) is 0 Å². The zero-order chi connectivity index (χ0) is 21.8. The number of para-hydroxylation sites is 1. The first-order valence-corrected chi connectivity index (χ1v) is 10.5. The number of phenols is 1. The van der Waals surface area contributed by atoms with Crippen LogP contribution in [-0.2, 0) is 6.42 Å². The minimum absolute atomic E-state index is 0.0968. The topological polar surface area (TPSA) is 63.1 Å². The van der Waals surface area contributed by atoms with Crippen LogP contribution in [0.5, 0.6) is 17.2 Å². The molecule has 5 heteroatoms. The third-order valence-corrected chi connectivity index (χ3v) is 5.78. The normalized spacial score (nSPS) is 18.4. The van der Waals surface area contributed by atoms with Gasteiger partial charge in [-0.2, -0.15) is 0 Å². The summed E-state index contributed by atoms with van der Waals surface area (Å²) < 4.78 is 11.1. The summed E-state index contributed by atoms with van der Waals surface area (Å²) in [6.45, 7) is 2.15. The van der Waals surface area contributed by atoms with E-state index in [2.05, 4.69) is 36.5 Å². The second-order valence-electron chi connectivity index (χ2n) is 7.62. The zero-order valence-electron chi connectivity index (χ0n) is 18.1. The van der Waals surface area contributed by atoms with Crippen molar-refractivity contribution >= 4 is 5.71 Å². The van der Waals surface area contributed by atoms with Crippen molar-refractivity contribution in [3.63, 3.8) is 0 Å². The molecule has 0 bridgehead atoms. The first kappa shape index (κ1) is 20.9. The van der Waals surface area contributed by atoms with Crippen LogP contribution in [0.3, 0.4) is 0 Å². The average molecular weight is 417 g/mol. The summed E-state index contributed by atoms with van der Waals surface area (Å²) in [4.78, 5) is 5.06. The molecule has 31 heavy (non-hydrogen) atoms. The molecule has 3 aromatic rings. The number of rotatable bonds is 6. The second-order valence-corrected chi connectivity index (χ2v) is 7.62. The molecule has 0 amide bonds. The van der Waals surface area contributed by atoms with E-state index in [0.717, 1.165) is 40.3 Å². The number of aromatic hydroxyl groups is 1. The van der Waals surface area contributed by atoms with Crippen LogP contribution in [0.15, 0.2) is 71.7 Å². The molecule has 0 fully saturated rings. The number of ether oxygens (including phenoxy) is 2. The SMILES string of the molecule is CCc1ccc(C2=N[C@@H](c3cc(OC)ccc3OC)N[C@H](c3ccccc3O)C2)cc1. The number of aliphatic imine (C=N–C) groups is 1. The van der Waals surface area contributed by atoms with Crippen molar-refractivity contribution in [2.45, 2.75) is 32.0 Å². The highest BCUT2D eigenvalue weighted by Crippen LogP contribution is 2.38. The summed E-state index contributed by atoms with van der Waals surface area (Å²) in [6.07, 6.45) is 1.33. The Morgan fingerprint density at radius 3 is 2.42 bits per heavy atom. The Hall–Kier alpha value is -3.31. The van der Waals surface area contributed by atoms with Gasteiger partial charge >= 0.3 is 0 Å². The number of hydrogen-bond donors (Lipinski definition) is 2. The Bertz CT molecular complexity index is 1080. The van der Waals surface area contributed by atoms with Crippen LogP contribution >= 0.6 is 0 Å². The third kappa shape index (κ3) is 4.42. The van der Waals surface area contributed by atoms with Crippen LogP contribution in [0.25, 0.3) is 0 Å². The molecule has 0 saturated carbocycles. The highest BCUT2D eigenvalue weighted by Gasteiger charge is 2.29. The summed E-state index contributed by atoms with van der Waals surface area (Å²) in [5, 5.41) is 14.1. The number of methoxy groups -OCH3 is 2. The van der Waals surface area contributed by atoms with Gasteiger partial charge in [-0.05, 0) is 41.8 Å². The lowest BCUT2D eigenvalue weighted by Gasteiger charge is -2.31. The average Bonchev–Trinajstić information content (AvgIpc) is 2.83. The lowest BCUT2D eigenvalue weighted by molar-refractivity contribution is 0.374. The van der Waals surface area contributed by atoms with E-state index in [1.54, 1.807) is 20.3 Å². The van der Waals surface area contributed by atoms with Gasteiger partial charge in [-0.15, -0.1) is 0 Å². The van der Waals surface area contributed by atoms with Crippen molar-refractivity contribution in [3.05, 3.63) is 89.0 Å². The lowest BCUT2D eigenvalue weighted by atomic mass is 9.93. The van der Waals surface area contributed by atoms with E-state index in [1.807, 2.05) is 36.4 Å². The van der Waals surface area contributed by atoms with Gasteiger partial charge in [0.2, 0.25) is 0 Å². The molecule has 2 N–H and O–H groups in total. The summed E-state index contributed by atoms with van der Waals surface area (Å²) >= 11 is 0. The summed E-state index contributed by atoms with van der Waals surface area (Å²) in [5.74, 6) is 1.76. The molecule has 5 nitrogen and oxygen atoms in total. The largest absolute Gasteiger partial charge is 0.508 e. The minimum Gasteiger partial charge on any atom is -0.508 e. The molecule has 1 heterocycles. The lowest BCUT2D eigenvalue weighted by Crippen LogP contribution is -2.33. The van der Waals surface area contributed by atoms with E-state index in [4.69, 9.17) is 14.5 Å². The van der Waals surface area contributed by atoms with Gasteiger partial charge in [0.25, 0.3) is 0 Å². The highest BCUT2D eigenvalue weighted by molar-refractivity contribution is 6.01. The minimum atomic E-state index is -0.343. The van der Waals surface area contributed by atoms with Gasteiger partial charge in [0, 0.05) is 29.3 Å². The molecule has 3 aromatic carbocycles. The molecule has 0 aliphatic carbocycles. The number of hydrogen-bond acceptors (Lipinski definition) is 5. The van der Waals surface area contributed by atoms with Crippen molar-refractivity contribution in [1.29, 1.82) is 0 Å². The number of nitrogens with zero attached hydrogens (tertiary/aromatic N) is 1. The predicted octanol–water partition coefficient (Wildman–Crippen LogP) is 5.19. The van der Waals surface area contributed by atoms with Crippen molar-refractivity contribution in [3.8, 4) is 17.2 Å². The summed E-state index contributed by atoms with van der Waals surface area (Å²) in [6, 6.07) is 21.6. The van der Waals surface area contributed by atoms with Crippen LogP contribution in [0.1, 0.15) is 47.8 Å². The molecule has 160 valence electrons. The van der Waals surface area contributed by atoms with Crippen molar-refractivity contribution in [2.24, 2.45) is 4.99 Å². The molecule has 1 aliphatic rings. The Balaban J connectivity index is 1.79. The molecule has 0 aromatic heterocycles. The fraction of sp³-hybridized carbons (Fsp3) is 0.269. The van der Waals surface area contributed by atoms with Gasteiger partial charge in [-0.1, -0.05) is 49.4 Å². The van der Waals surface area contributed by atoms with Crippen molar-refractivity contribution in [2.75, 3.05) is 14.2 Å². The Labute approximate surface area is 183 Å². The van der Waals surface area contributed by atoms with Gasteiger partial charge in [-0.3, -0.25) is 10.3 Å². The van der Waals surface area contributed by atoms with E-state index in [9.17, 15) is 5.11 Å². The number of phenolic OH excluding ortho intramolecular Hbond substituents is 1. The monoisotopic (exact) mass is 416 g/mol. The van der Waals surface area contributed by atoms with Gasteiger partial charge in [-0.25, -0.2) is 0 Å². The highest BCUT2D eigenvalue weighted by atomic mass is 16.5. The maximum Gasteiger partial charge on any atom is 0.130 e. The first-order chi connectivity index (χ1) is 15.1. The standard InChI is InChI=1S/C26H28N2O3/c1-4-17-9-11-18(12-10-17)22-16-23(20-7-5-6-8-24(20)29)28-26(27-22)21-15-19(30-2)13-14-25(21)31-3/h5-15,23,26,28-29H,4,16H2,1-3H3/t23-,26+/m0/s1. The smallest absolute Gasteiger partial charge is 0.130 e. The molecule has 0 spiro atoms. The maximum atomic E-state index is 10.5. The van der Waals surface area contributed by atoms with Crippen LogP contribution in [-0.4, -0.2) is 25.0 Å². The molecular formula is C26H28N2O3. The quantitative estimate of drug-likeness (QED) is 0.580. The van der Waals surface area contributed by atoms with Crippen molar-refractivity contribution in [1.82, 2.24) is 5.32 Å². The molecular weight excluding hydrogens is 388 g/mol. The Morgan fingerprint density at radius 1 is 0.968 bits per heavy atom. The number of aryl methyl sites for hydroxylation is 1. The molecule has 0 unspecified atom stereocenters. The number of nitrogens with one attached hydrogen (secondary N) is 1. The van der Waals surface area contributed by atoms with E-state index in [0.29, 0.717) is 6.42 Å². The maximum absolute atomic E-state index is 10.5. The summed E-state index contributed by atoms with van der Waals surface area (Å²) in [7, 11) is 3.30. The van der Waals surface area contributed by atoms with Crippen LogP contribution < -0.4 is 14.8 Å². The van der Waals surface area contributed by atoms with Crippen molar-refractivity contribution < 1.29 is 14.6 Å². The molecule has 0 saturated heterocycles. The van der Waals surface area contributed by atoms with E-state index >= 15 is 0 Å². The van der Waals surface area contributed by atoms with Gasteiger partial charge in [0.05, 0.1) is 14.2 Å². The van der Waals surface area contributed by atoms with Gasteiger partial charge in [0.1, 0.15) is 23.4 Å². The fourth-order valence-electron chi connectivity index (χ4n) is 4.01. The second kappa shape index (κ2) is 9.23. The fourth-order valence-corrected chi connectivity index (χ4v) is 4.01. The zero-order valence-corrected chi connectivity index (χ0v) is 18.1. The molecule has 1 aliphatic heterocycles. The van der Waals surface area contributed by atoms with E-state index in [1.165, 1.54) is 5.56 Å². The first-order valence-electron chi connectivity index (χ1n) is 10.5. The van der Waals surface area contributed by atoms with Crippen LogP contribution in [0.4, 0.5) is 0 Å². The van der Waals surface area contributed by atoms with Gasteiger partial charge < -0.3 is 14.6 Å². The van der Waals surface area contributed by atoms with Gasteiger partial charge in [0.15, 0.2) is 0 Å². The Morgan fingerprint density at radius 2 is 1.74 bits per heavy atom. The third-order valence-electron chi connectivity index (χ3n) is 5.78. The van der Waals surface area contributed by atoms with E-state index < -0.39 is 0 Å².